The van der Waals surface area contributed by atoms with E-state index < -0.39 is 0 Å². The van der Waals surface area contributed by atoms with Gasteiger partial charge in [-0.2, -0.15) is 0 Å². The van der Waals surface area contributed by atoms with Gasteiger partial charge in [0.25, 0.3) is 0 Å². The first-order valence-electron chi connectivity index (χ1n) is 4.66. The SMILES string of the molecule is CN(c1ccc(Cl)c(CCl)n1)C1CC1. The molecule has 0 N–H and O–H groups in total. The lowest BCUT2D eigenvalue weighted by atomic mass is 10.3. The molecule has 1 heterocycles. The molecule has 0 spiro atoms. The Balaban J connectivity index is 2.25. The summed E-state index contributed by atoms with van der Waals surface area (Å²) in [4.78, 5) is 6.60. The molecule has 4 heteroatoms. The summed E-state index contributed by atoms with van der Waals surface area (Å²) < 4.78 is 0. The molecule has 1 aromatic heterocycles. The minimum Gasteiger partial charge on any atom is -0.357 e. The number of alkyl halides is 1. The number of halogens is 2. The summed E-state index contributed by atoms with van der Waals surface area (Å²) in [5, 5.41) is 0.646. The fourth-order valence-electron chi connectivity index (χ4n) is 1.41. The van der Waals surface area contributed by atoms with E-state index in [0.717, 1.165) is 11.5 Å². The van der Waals surface area contributed by atoms with E-state index in [1.165, 1.54) is 12.8 Å². The van der Waals surface area contributed by atoms with E-state index in [1.54, 1.807) is 0 Å². The van der Waals surface area contributed by atoms with Gasteiger partial charge >= 0.3 is 0 Å². The Kier molecular flexibility index (Phi) is 2.84. The molecule has 0 amide bonds. The first-order chi connectivity index (χ1) is 6.72. The Morgan fingerprint density at radius 2 is 2.21 bits per heavy atom. The maximum atomic E-state index is 5.93. The molecule has 2 nitrogen and oxygen atoms in total. The van der Waals surface area contributed by atoms with Crippen LogP contribution in [0, 0.1) is 0 Å². The average Bonchev–Trinajstić information content (AvgIpc) is 3.01. The fourth-order valence-corrected chi connectivity index (χ4v) is 1.86. The smallest absolute Gasteiger partial charge is 0.128 e. The molecule has 0 aromatic carbocycles. The number of aromatic nitrogens is 1. The molecule has 0 atom stereocenters. The Morgan fingerprint density at radius 3 is 2.79 bits per heavy atom. The molecule has 76 valence electrons. The lowest BCUT2D eigenvalue weighted by Gasteiger charge is -2.18. The number of pyridine rings is 1. The highest BCUT2D eigenvalue weighted by Gasteiger charge is 2.27. The summed E-state index contributed by atoms with van der Waals surface area (Å²) >= 11 is 11.7. The summed E-state index contributed by atoms with van der Waals surface area (Å²) in [6.45, 7) is 0. The standard InChI is InChI=1S/C10H12Cl2N2/c1-14(7-2-3-7)10-5-4-8(12)9(6-11)13-10/h4-5,7H,2-3,6H2,1H3. The van der Waals surface area contributed by atoms with Crippen molar-refractivity contribution in [1.82, 2.24) is 4.98 Å². The predicted molar refractivity (Wildman–Crippen MR) is 60.2 cm³/mol. The Labute approximate surface area is 93.8 Å². The van der Waals surface area contributed by atoms with Gasteiger partial charge in [-0.15, -0.1) is 11.6 Å². The van der Waals surface area contributed by atoms with E-state index >= 15 is 0 Å². The lowest BCUT2D eigenvalue weighted by molar-refractivity contribution is 0.885. The molecule has 1 aliphatic rings. The molecule has 0 unspecified atom stereocenters. The third-order valence-electron chi connectivity index (χ3n) is 2.49. The number of hydrogen-bond donors (Lipinski definition) is 0. The van der Waals surface area contributed by atoms with Crippen LogP contribution in [0.2, 0.25) is 5.02 Å². The normalized spacial score (nSPS) is 15.6. The van der Waals surface area contributed by atoms with E-state index in [0.29, 0.717) is 16.9 Å². The molecule has 1 aliphatic carbocycles. The molecule has 1 aromatic rings. The Morgan fingerprint density at radius 1 is 1.50 bits per heavy atom. The van der Waals surface area contributed by atoms with Crippen LogP contribution in [0.5, 0.6) is 0 Å². The highest BCUT2D eigenvalue weighted by Crippen LogP contribution is 2.30. The lowest BCUT2D eigenvalue weighted by Crippen LogP contribution is -2.20. The molecule has 2 rings (SSSR count). The predicted octanol–water partition coefficient (Wildman–Crippen LogP) is 3.07. The molecule has 1 fully saturated rings. The summed E-state index contributed by atoms with van der Waals surface area (Å²) in [6, 6.07) is 4.46. The molecule has 1 saturated carbocycles. The fraction of sp³-hybridized carbons (Fsp3) is 0.500. The molecular formula is C10H12Cl2N2. The van der Waals surface area contributed by atoms with Crippen molar-refractivity contribution < 1.29 is 0 Å². The van der Waals surface area contributed by atoms with Crippen LogP contribution in [-0.4, -0.2) is 18.1 Å². The van der Waals surface area contributed by atoms with Crippen LogP contribution in [-0.2, 0) is 5.88 Å². The van der Waals surface area contributed by atoms with Gasteiger partial charge in [0.1, 0.15) is 5.82 Å². The number of nitrogens with zero attached hydrogens (tertiary/aromatic N) is 2. The van der Waals surface area contributed by atoms with E-state index in [2.05, 4.69) is 16.9 Å². The maximum absolute atomic E-state index is 5.93. The van der Waals surface area contributed by atoms with Gasteiger partial charge in [-0.25, -0.2) is 4.98 Å². The van der Waals surface area contributed by atoms with E-state index in [-0.39, 0.29) is 0 Å². The summed E-state index contributed by atoms with van der Waals surface area (Å²) in [5.74, 6) is 1.33. The monoisotopic (exact) mass is 230 g/mol. The zero-order chi connectivity index (χ0) is 10.1. The average molecular weight is 231 g/mol. The summed E-state index contributed by atoms with van der Waals surface area (Å²) in [5.41, 5.74) is 0.762. The van der Waals surface area contributed by atoms with Crippen LogP contribution in [0.3, 0.4) is 0 Å². The van der Waals surface area contributed by atoms with Crippen molar-refractivity contribution in [2.24, 2.45) is 0 Å². The summed E-state index contributed by atoms with van der Waals surface area (Å²) in [7, 11) is 2.06. The third-order valence-corrected chi connectivity index (χ3v) is 3.08. The largest absolute Gasteiger partial charge is 0.357 e. The second-order valence-electron chi connectivity index (χ2n) is 3.57. The number of hydrogen-bond acceptors (Lipinski definition) is 2. The van der Waals surface area contributed by atoms with Gasteiger partial charge in [-0.1, -0.05) is 11.6 Å². The van der Waals surface area contributed by atoms with Gasteiger partial charge in [-0.05, 0) is 25.0 Å². The minimum absolute atomic E-state index is 0.366. The minimum atomic E-state index is 0.366. The van der Waals surface area contributed by atoms with Crippen molar-refractivity contribution in [2.45, 2.75) is 24.8 Å². The second-order valence-corrected chi connectivity index (χ2v) is 4.25. The van der Waals surface area contributed by atoms with E-state index in [9.17, 15) is 0 Å². The molecule has 0 aliphatic heterocycles. The van der Waals surface area contributed by atoms with Crippen molar-refractivity contribution in [3.8, 4) is 0 Å². The number of anilines is 1. The molecular weight excluding hydrogens is 219 g/mol. The van der Waals surface area contributed by atoms with Crippen molar-refractivity contribution >= 4 is 29.0 Å². The van der Waals surface area contributed by atoms with E-state index in [4.69, 9.17) is 23.2 Å². The highest BCUT2D eigenvalue weighted by atomic mass is 35.5. The quantitative estimate of drug-likeness (QED) is 0.743. The second kappa shape index (κ2) is 3.95. The summed E-state index contributed by atoms with van der Waals surface area (Å²) in [6.07, 6.45) is 2.52. The van der Waals surface area contributed by atoms with Gasteiger partial charge in [-0.3, -0.25) is 0 Å². The first kappa shape index (κ1) is 10.1. The zero-order valence-corrected chi connectivity index (χ0v) is 9.52. The van der Waals surface area contributed by atoms with Gasteiger partial charge in [0, 0.05) is 13.1 Å². The van der Waals surface area contributed by atoms with Gasteiger partial charge in [0.15, 0.2) is 0 Å². The topological polar surface area (TPSA) is 16.1 Å². The van der Waals surface area contributed by atoms with Crippen molar-refractivity contribution in [3.63, 3.8) is 0 Å². The van der Waals surface area contributed by atoms with Crippen LogP contribution >= 0.6 is 23.2 Å². The van der Waals surface area contributed by atoms with Gasteiger partial charge < -0.3 is 4.90 Å². The van der Waals surface area contributed by atoms with Crippen molar-refractivity contribution in [2.75, 3.05) is 11.9 Å². The van der Waals surface area contributed by atoms with Crippen LogP contribution < -0.4 is 4.90 Å². The van der Waals surface area contributed by atoms with Crippen LogP contribution in [0.15, 0.2) is 12.1 Å². The van der Waals surface area contributed by atoms with Gasteiger partial charge in [0.2, 0.25) is 0 Å². The number of rotatable bonds is 3. The van der Waals surface area contributed by atoms with Crippen LogP contribution in [0.4, 0.5) is 5.82 Å². The molecule has 0 saturated heterocycles. The van der Waals surface area contributed by atoms with Crippen molar-refractivity contribution in [3.05, 3.63) is 22.8 Å². The Hall–Kier alpha value is -0.470. The molecule has 0 radical (unpaired) electrons. The highest BCUT2D eigenvalue weighted by molar-refractivity contribution is 6.32. The van der Waals surface area contributed by atoms with Gasteiger partial charge in [0.05, 0.1) is 16.6 Å². The maximum Gasteiger partial charge on any atom is 0.128 e. The Bertz CT molecular complexity index is 337. The third kappa shape index (κ3) is 1.96. The van der Waals surface area contributed by atoms with Crippen LogP contribution in [0.1, 0.15) is 18.5 Å². The van der Waals surface area contributed by atoms with Crippen LogP contribution in [0.25, 0.3) is 0 Å². The van der Waals surface area contributed by atoms with Crippen molar-refractivity contribution in [1.29, 1.82) is 0 Å². The van der Waals surface area contributed by atoms with E-state index in [1.807, 2.05) is 12.1 Å². The first-order valence-corrected chi connectivity index (χ1v) is 5.58. The molecule has 0 bridgehead atoms. The zero-order valence-electron chi connectivity index (χ0n) is 8.00. The molecule has 14 heavy (non-hydrogen) atoms.